The third kappa shape index (κ3) is 4.24. The van der Waals surface area contributed by atoms with Gasteiger partial charge in [0.2, 0.25) is 5.91 Å². The van der Waals surface area contributed by atoms with Gasteiger partial charge in [-0.25, -0.2) is 8.78 Å². The van der Waals surface area contributed by atoms with Gasteiger partial charge in [-0.05, 0) is 31.0 Å². The topological polar surface area (TPSA) is 107 Å². The Labute approximate surface area is 170 Å². The number of hydrogen-bond donors (Lipinski definition) is 2. The van der Waals surface area contributed by atoms with Crippen LogP contribution in [-0.2, 0) is 24.9 Å². The van der Waals surface area contributed by atoms with Gasteiger partial charge in [-0.1, -0.05) is 0 Å². The molecule has 0 radical (unpaired) electrons. The summed E-state index contributed by atoms with van der Waals surface area (Å²) in [5.41, 5.74) is 0.659. The molecule has 3 heterocycles. The molecular weight excluding hydrogens is 398 g/mol. The highest BCUT2D eigenvalue weighted by atomic mass is 19.3. The lowest BCUT2D eigenvalue weighted by Crippen LogP contribution is -2.27. The molecule has 0 aromatic carbocycles. The molecule has 2 amide bonds. The highest BCUT2D eigenvalue weighted by molar-refractivity contribution is 6.02. The van der Waals surface area contributed by atoms with Crippen LogP contribution in [0.1, 0.15) is 52.8 Å². The molecular formula is C19H20F2N6O3. The molecule has 0 atom stereocenters. The molecule has 1 saturated carbocycles. The SMILES string of the molecule is Cn1ncc(NC(=O)Cn2nc(C(F)F)cc2C2CC2)c1C(=O)NCc1ccco1. The van der Waals surface area contributed by atoms with Crippen molar-refractivity contribution >= 4 is 17.5 Å². The maximum atomic E-state index is 13.0. The van der Waals surface area contributed by atoms with Gasteiger partial charge >= 0.3 is 0 Å². The normalized spacial score (nSPS) is 13.6. The quantitative estimate of drug-likeness (QED) is 0.585. The van der Waals surface area contributed by atoms with Gasteiger partial charge in [-0.2, -0.15) is 10.2 Å². The van der Waals surface area contributed by atoms with Crippen molar-refractivity contribution in [3.05, 3.63) is 53.5 Å². The molecule has 2 N–H and O–H groups in total. The van der Waals surface area contributed by atoms with Crippen LogP contribution < -0.4 is 10.6 Å². The van der Waals surface area contributed by atoms with Crippen LogP contribution in [-0.4, -0.2) is 31.4 Å². The predicted molar refractivity (Wildman–Crippen MR) is 101 cm³/mol. The fourth-order valence-electron chi connectivity index (χ4n) is 3.18. The Bertz CT molecular complexity index is 1050. The van der Waals surface area contributed by atoms with E-state index in [1.807, 2.05) is 0 Å². The molecule has 0 aliphatic heterocycles. The average molecular weight is 418 g/mol. The maximum absolute atomic E-state index is 13.0. The second kappa shape index (κ2) is 8.09. The van der Waals surface area contributed by atoms with Crippen molar-refractivity contribution < 1.29 is 22.8 Å². The summed E-state index contributed by atoms with van der Waals surface area (Å²) in [5.74, 6) is -0.204. The number of anilines is 1. The largest absolute Gasteiger partial charge is 0.467 e. The Morgan fingerprint density at radius 1 is 1.37 bits per heavy atom. The molecule has 9 nitrogen and oxygen atoms in total. The Balaban J connectivity index is 1.45. The first-order chi connectivity index (χ1) is 14.4. The second-order valence-corrected chi connectivity index (χ2v) is 7.07. The van der Waals surface area contributed by atoms with E-state index in [2.05, 4.69) is 20.8 Å². The molecule has 30 heavy (non-hydrogen) atoms. The molecule has 11 heteroatoms. The Morgan fingerprint density at radius 2 is 2.17 bits per heavy atom. The van der Waals surface area contributed by atoms with Crippen LogP contribution in [0.5, 0.6) is 0 Å². The zero-order valence-corrected chi connectivity index (χ0v) is 16.1. The fourth-order valence-corrected chi connectivity index (χ4v) is 3.18. The molecule has 0 spiro atoms. The van der Waals surface area contributed by atoms with Gasteiger partial charge in [0, 0.05) is 18.7 Å². The molecule has 0 unspecified atom stereocenters. The van der Waals surface area contributed by atoms with Crippen molar-refractivity contribution in [1.82, 2.24) is 24.9 Å². The number of nitrogens with zero attached hydrogens (tertiary/aromatic N) is 4. The number of hydrogen-bond acceptors (Lipinski definition) is 5. The number of furan rings is 1. The zero-order valence-electron chi connectivity index (χ0n) is 16.1. The maximum Gasteiger partial charge on any atom is 0.282 e. The minimum atomic E-state index is -2.70. The second-order valence-electron chi connectivity index (χ2n) is 7.07. The summed E-state index contributed by atoms with van der Waals surface area (Å²) >= 11 is 0. The standard InChI is InChI=1S/C19H20F2N6O3/c1-26-17(19(29)22-8-12-3-2-6-30-12)14(9-23-26)24-16(28)10-27-15(11-4-5-11)7-13(25-27)18(20)21/h2-3,6-7,9,11,18H,4-5,8,10H2,1H3,(H,22,29)(H,24,28). The van der Waals surface area contributed by atoms with Gasteiger partial charge in [0.25, 0.3) is 12.3 Å². The van der Waals surface area contributed by atoms with E-state index in [9.17, 15) is 18.4 Å². The van der Waals surface area contributed by atoms with Gasteiger partial charge in [-0.3, -0.25) is 19.0 Å². The highest BCUT2D eigenvalue weighted by Crippen LogP contribution is 2.41. The highest BCUT2D eigenvalue weighted by Gasteiger charge is 2.30. The van der Waals surface area contributed by atoms with Crippen LogP contribution >= 0.6 is 0 Å². The van der Waals surface area contributed by atoms with Crippen molar-refractivity contribution in [2.24, 2.45) is 7.05 Å². The first-order valence-electron chi connectivity index (χ1n) is 9.40. The van der Waals surface area contributed by atoms with Crippen LogP contribution in [0.4, 0.5) is 14.5 Å². The third-order valence-corrected chi connectivity index (χ3v) is 4.77. The van der Waals surface area contributed by atoms with Crippen LogP contribution in [0, 0.1) is 0 Å². The van der Waals surface area contributed by atoms with Gasteiger partial charge in [0.15, 0.2) is 0 Å². The first-order valence-corrected chi connectivity index (χ1v) is 9.40. The summed E-state index contributed by atoms with van der Waals surface area (Å²) in [4.78, 5) is 25.1. The minimum absolute atomic E-state index is 0.152. The van der Waals surface area contributed by atoms with Crippen molar-refractivity contribution in [2.75, 3.05) is 5.32 Å². The molecule has 4 rings (SSSR count). The number of rotatable bonds is 8. The summed E-state index contributed by atoms with van der Waals surface area (Å²) in [6, 6.07) is 4.79. The number of aromatic nitrogens is 4. The fraction of sp³-hybridized carbons (Fsp3) is 0.368. The van der Waals surface area contributed by atoms with E-state index in [-0.39, 0.29) is 36.1 Å². The number of carbonyl (C=O) groups excluding carboxylic acids is 2. The molecule has 0 bridgehead atoms. The molecule has 1 aliphatic carbocycles. The predicted octanol–water partition coefficient (Wildman–Crippen LogP) is 2.59. The monoisotopic (exact) mass is 418 g/mol. The van der Waals surface area contributed by atoms with Crippen molar-refractivity contribution in [3.8, 4) is 0 Å². The summed E-state index contributed by atoms with van der Waals surface area (Å²) in [6.07, 6.45) is 1.93. The van der Waals surface area contributed by atoms with Gasteiger partial charge < -0.3 is 15.1 Å². The number of aryl methyl sites for hydroxylation is 1. The Morgan fingerprint density at radius 3 is 2.83 bits per heavy atom. The molecule has 0 saturated heterocycles. The van der Waals surface area contributed by atoms with E-state index in [1.165, 1.54) is 27.9 Å². The molecule has 3 aromatic rings. The molecule has 158 valence electrons. The zero-order chi connectivity index (χ0) is 21.3. The van der Waals surface area contributed by atoms with Crippen LogP contribution in [0.15, 0.2) is 35.1 Å². The van der Waals surface area contributed by atoms with E-state index in [0.717, 1.165) is 12.8 Å². The van der Waals surface area contributed by atoms with E-state index >= 15 is 0 Å². The number of halogens is 2. The number of amides is 2. The smallest absolute Gasteiger partial charge is 0.282 e. The summed E-state index contributed by atoms with van der Waals surface area (Å²) in [6.45, 7) is -0.0558. The Kier molecular flexibility index (Phi) is 5.34. The van der Waals surface area contributed by atoms with Crippen LogP contribution in [0.3, 0.4) is 0 Å². The van der Waals surface area contributed by atoms with Crippen LogP contribution in [0.25, 0.3) is 0 Å². The number of nitrogens with one attached hydrogen (secondary N) is 2. The molecule has 3 aromatic heterocycles. The minimum Gasteiger partial charge on any atom is -0.467 e. The number of carbonyl (C=O) groups is 2. The average Bonchev–Trinajstić information content (AvgIpc) is 3.10. The molecule has 1 fully saturated rings. The van der Waals surface area contributed by atoms with E-state index < -0.39 is 18.2 Å². The lowest BCUT2D eigenvalue weighted by molar-refractivity contribution is -0.117. The van der Waals surface area contributed by atoms with Gasteiger partial charge in [0.1, 0.15) is 23.7 Å². The van der Waals surface area contributed by atoms with E-state index in [4.69, 9.17) is 4.42 Å². The third-order valence-electron chi connectivity index (χ3n) is 4.77. The van der Waals surface area contributed by atoms with Crippen molar-refractivity contribution in [2.45, 2.75) is 38.3 Å². The van der Waals surface area contributed by atoms with Crippen LogP contribution in [0.2, 0.25) is 0 Å². The van der Waals surface area contributed by atoms with E-state index in [1.54, 1.807) is 19.2 Å². The van der Waals surface area contributed by atoms with Crippen molar-refractivity contribution in [1.29, 1.82) is 0 Å². The lowest BCUT2D eigenvalue weighted by Gasteiger charge is -2.10. The van der Waals surface area contributed by atoms with E-state index in [0.29, 0.717) is 11.5 Å². The van der Waals surface area contributed by atoms with Crippen molar-refractivity contribution in [3.63, 3.8) is 0 Å². The lowest BCUT2D eigenvalue weighted by atomic mass is 10.2. The van der Waals surface area contributed by atoms with Gasteiger partial charge in [0.05, 0.1) is 24.7 Å². The summed E-state index contributed by atoms with van der Waals surface area (Å²) in [5, 5.41) is 13.2. The summed E-state index contributed by atoms with van der Waals surface area (Å²) < 4.78 is 33.8. The first kappa shape index (κ1) is 19.8. The van der Waals surface area contributed by atoms with Gasteiger partial charge in [-0.15, -0.1) is 0 Å². The number of alkyl halides is 2. The molecule has 1 aliphatic rings. The Hall–Kier alpha value is -3.50. The summed E-state index contributed by atoms with van der Waals surface area (Å²) in [7, 11) is 1.57.